The van der Waals surface area contributed by atoms with E-state index in [9.17, 15) is 12.8 Å². The van der Waals surface area contributed by atoms with Crippen molar-refractivity contribution in [2.45, 2.75) is 4.90 Å². The average molecular weight is 249 g/mol. The molecular weight excluding hydrogens is 243 g/mol. The molecule has 0 saturated heterocycles. The molecule has 0 amide bonds. The lowest BCUT2D eigenvalue weighted by Crippen LogP contribution is -1.98. The quantitative estimate of drug-likeness (QED) is 0.605. The third-order valence-electron chi connectivity index (χ3n) is 1.50. The molecule has 0 aliphatic heterocycles. The Kier molecular flexibility index (Phi) is 3.56. The normalized spacial score (nSPS) is 10.7. The van der Waals surface area contributed by atoms with Crippen molar-refractivity contribution in [3.05, 3.63) is 24.0 Å². The van der Waals surface area contributed by atoms with Crippen LogP contribution in [0.25, 0.3) is 0 Å². The van der Waals surface area contributed by atoms with Crippen LogP contribution >= 0.6 is 10.7 Å². The Morgan fingerprint density at radius 1 is 1.53 bits per heavy atom. The first-order chi connectivity index (χ1) is 6.95. The second-order valence-electron chi connectivity index (χ2n) is 2.52. The van der Waals surface area contributed by atoms with Gasteiger partial charge in [-0.05, 0) is 18.2 Å². The lowest BCUT2D eigenvalue weighted by Gasteiger charge is -2.04. The highest BCUT2D eigenvalue weighted by molar-refractivity contribution is 8.13. The van der Waals surface area contributed by atoms with Crippen LogP contribution in [-0.2, 0) is 9.05 Å². The van der Waals surface area contributed by atoms with Crippen molar-refractivity contribution in [2.75, 3.05) is 6.61 Å². The first-order valence-corrected chi connectivity index (χ1v) is 6.06. The van der Waals surface area contributed by atoms with Crippen molar-refractivity contribution in [3.8, 4) is 18.1 Å². The van der Waals surface area contributed by atoms with Gasteiger partial charge >= 0.3 is 0 Å². The summed E-state index contributed by atoms with van der Waals surface area (Å²) in [5.41, 5.74) is 0. The highest BCUT2D eigenvalue weighted by Gasteiger charge is 2.13. The van der Waals surface area contributed by atoms with E-state index in [1.807, 2.05) is 0 Å². The van der Waals surface area contributed by atoms with Crippen LogP contribution in [0.1, 0.15) is 0 Å². The molecule has 0 aromatic heterocycles. The van der Waals surface area contributed by atoms with Crippen LogP contribution < -0.4 is 4.74 Å². The molecule has 0 fully saturated rings. The maximum absolute atomic E-state index is 13.2. The van der Waals surface area contributed by atoms with Crippen molar-refractivity contribution in [1.82, 2.24) is 0 Å². The minimum atomic E-state index is -3.93. The molecule has 0 atom stereocenters. The summed E-state index contributed by atoms with van der Waals surface area (Å²) in [6.45, 7) is -0.0934. The highest BCUT2D eigenvalue weighted by atomic mass is 35.7. The van der Waals surface area contributed by atoms with Crippen LogP contribution in [0.15, 0.2) is 23.1 Å². The molecule has 1 aromatic carbocycles. The van der Waals surface area contributed by atoms with Gasteiger partial charge in [-0.3, -0.25) is 0 Å². The maximum Gasteiger partial charge on any atom is 0.261 e. The first-order valence-electron chi connectivity index (χ1n) is 3.75. The molecule has 0 N–H and O–H groups in total. The van der Waals surface area contributed by atoms with Crippen LogP contribution in [0.3, 0.4) is 0 Å². The van der Waals surface area contributed by atoms with Crippen molar-refractivity contribution >= 4 is 19.7 Å². The van der Waals surface area contributed by atoms with Gasteiger partial charge in [0.05, 0.1) is 4.90 Å². The van der Waals surface area contributed by atoms with Crippen LogP contribution in [-0.4, -0.2) is 15.0 Å². The Balaban J connectivity index is 3.05. The van der Waals surface area contributed by atoms with E-state index in [0.29, 0.717) is 0 Å². The summed E-state index contributed by atoms with van der Waals surface area (Å²) in [5, 5.41) is 0. The van der Waals surface area contributed by atoms with Gasteiger partial charge in [-0.15, -0.1) is 6.42 Å². The molecule has 3 nitrogen and oxygen atoms in total. The highest BCUT2D eigenvalue weighted by Crippen LogP contribution is 2.22. The monoisotopic (exact) mass is 248 g/mol. The fraction of sp³-hybridized carbons (Fsp3) is 0.111. The molecule has 0 aliphatic carbocycles. The molecule has 15 heavy (non-hydrogen) atoms. The molecule has 0 radical (unpaired) electrons. The molecule has 0 aliphatic rings. The third-order valence-corrected chi connectivity index (χ3v) is 2.85. The lowest BCUT2D eigenvalue weighted by atomic mass is 10.3. The minimum absolute atomic E-state index is 0.0934. The van der Waals surface area contributed by atoms with E-state index in [4.69, 9.17) is 21.8 Å². The average Bonchev–Trinajstić information content (AvgIpc) is 2.14. The Morgan fingerprint density at radius 2 is 2.20 bits per heavy atom. The van der Waals surface area contributed by atoms with Gasteiger partial charge in [0.25, 0.3) is 9.05 Å². The number of terminal acetylenes is 1. The SMILES string of the molecule is C#CCOc1ccc(S(=O)(=O)Cl)cc1F. The lowest BCUT2D eigenvalue weighted by molar-refractivity contribution is 0.347. The second kappa shape index (κ2) is 4.51. The summed E-state index contributed by atoms with van der Waals surface area (Å²) in [5.74, 6) is 1.21. The number of rotatable bonds is 3. The molecule has 1 aromatic rings. The number of benzene rings is 1. The summed E-state index contributed by atoms with van der Waals surface area (Å²) >= 11 is 0. The van der Waals surface area contributed by atoms with Crippen molar-refractivity contribution in [2.24, 2.45) is 0 Å². The van der Waals surface area contributed by atoms with E-state index in [2.05, 4.69) is 5.92 Å². The van der Waals surface area contributed by atoms with E-state index in [0.717, 1.165) is 18.2 Å². The first kappa shape index (κ1) is 11.8. The fourth-order valence-electron chi connectivity index (χ4n) is 0.870. The largest absolute Gasteiger partial charge is 0.478 e. The van der Waals surface area contributed by atoms with Gasteiger partial charge in [-0.2, -0.15) is 0 Å². The van der Waals surface area contributed by atoms with E-state index in [-0.39, 0.29) is 17.3 Å². The van der Waals surface area contributed by atoms with Gasteiger partial charge in [0.2, 0.25) is 0 Å². The van der Waals surface area contributed by atoms with E-state index < -0.39 is 14.9 Å². The molecule has 80 valence electrons. The number of hydrogen-bond donors (Lipinski definition) is 0. The zero-order valence-electron chi connectivity index (χ0n) is 7.41. The molecule has 6 heteroatoms. The molecule has 0 bridgehead atoms. The van der Waals surface area contributed by atoms with Crippen LogP contribution in [0.4, 0.5) is 4.39 Å². The van der Waals surface area contributed by atoms with Gasteiger partial charge in [-0.25, -0.2) is 12.8 Å². The van der Waals surface area contributed by atoms with E-state index >= 15 is 0 Å². The summed E-state index contributed by atoms with van der Waals surface area (Å²) in [7, 11) is 1.09. The Bertz CT molecular complexity index is 505. The van der Waals surface area contributed by atoms with Crippen LogP contribution in [0.5, 0.6) is 5.75 Å². The number of hydrogen-bond acceptors (Lipinski definition) is 3. The summed E-state index contributed by atoms with van der Waals surface area (Å²) in [6.07, 6.45) is 4.91. The topological polar surface area (TPSA) is 43.4 Å². The van der Waals surface area contributed by atoms with Crippen LogP contribution in [0, 0.1) is 18.2 Å². The molecule has 0 heterocycles. The molecule has 0 saturated carbocycles. The van der Waals surface area contributed by atoms with E-state index in [1.54, 1.807) is 0 Å². The summed E-state index contributed by atoms with van der Waals surface area (Å²) in [6, 6.07) is 3.06. The van der Waals surface area contributed by atoms with Gasteiger partial charge < -0.3 is 4.74 Å². The zero-order chi connectivity index (χ0) is 11.5. The zero-order valence-corrected chi connectivity index (χ0v) is 8.98. The Hall–Kier alpha value is -1.25. The summed E-state index contributed by atoms with van der Waals surface area (Å²) < 4.78 is 39.7. The summed E-state index contributed by atoms with van der Waals surface area (Å²) in [4.78, 5) is -0.324. The minimum Gasteiger partial charge on any atom is -0.478 e. The number of ether oxygens (including phenoxy) is 1. The molecular formula is C9H6ClFO3S. The standard InChI is InChI=1S/C9H6ClFO3S/c1-2-5-14-9-4-3-7(6-8(9)11)15(10,12)13/h1,3-4,6H,5H2. The molecule has 0 unspecified atom stereocenters. The fourth-order valence-corrected chi connectivity index (χ4v) is 1.63. The van der Waals surface area contributed by atoms with Crippen molar-refractivity contribution in [3.63, 3.8) is 0 Å². The second-order valence-corrected chi connectivity index (χ2v) is 5.09. The molecule has 0 spiro atoms. The van der Waals surface area contributed by atoms with Crippen LogP contribution in [0.2, 0.25) is 0 Å². The van der Waals surface area contributed by atoms with Crippen molar-refractivity contribution < 1.29 is 17.5 Å². The Labute approximate surface area is 91.2 Å². The predicted octanol–water partition coefficient (Wildman–Crippen LogP) is 1.77. The van der Waals surface area contributed by atoms with Crippen molar-refractivity contribution in [1.29, 1.82) is 0 Å². The molecule has 1 rings (SSSR count). The van der Waals surface area contributed by atoms with Gasteiger partial charge in [0.1, 0.15) is 6.61 Å². The third kappa shape index (κ3) is 3.11. The van der Waals surface area contributed by atoms with Gasteiger partial charge in [0, 0.05) is 10.7 Å². The Morgan fingerprint density at radius 3 is 2.67 bits per heavy atom. The van der Waals surface area contributed by atoms with Gasteiger partial charge in [0.15, 0.2) is 11.6 Å². The van der Waals surface area contributed by atoms with E-state index in [1.165, 1.54) is 0 Å². The maximum atomic E-state index is 13.2. The smallest absolute Gasteiger partial charge is 0.261 e. The number of halogens is 2. The predicted molar refractivity (Wildman–Crippen MR) is 53.8 cm³/mol. The van der Waals surface area contributed by atoms with Gasteiger partial charge in [-0.1, -0.05) is 5.92 Å².